The van der Waals surface area contributed by atoms with Gasteiger partial charge >= 0.3 is 6.18 Å². The Morgan fingerprint density at radius 2 is 2.17 bits per heavy atom. The second-order valence-electron chi connectivity index (χ2n) is 3.41. The normalized spacial score (nSPS) is 10.9. The molecule has 0 aliphatic carbocycles. The Balaban J connectivity index is 3.09. The number of aromatic nitrogens is 2. The number of hydrazine groups is 1. The molecule has 0 unspecified atom stereocenters. The van der Waals surface area contributed by atoms with Gasteiger partial charge in [-0.15, -0.1) is 0 Å². The maximum atomic E-state index is 12.5. The molecule has 0 radical (unpaired) electrons. The smallest absolute Gasteiger partial charge is 0.358 e. The molecule has 0 atom stereocenters. The highest BCUT2D eigenvalue weighted by molar-refractivity contribution is 5.48. The van der Waals surface area contributed by atoms with E-state index in [1.807, 2.05) is 11.5 Å². The van der Waals surface area contributed by atoms with Crippen LogP contribution in [0.5, 0.6) is 0 Å². The van der Waals surface area contributed by atoms with Gasteiger partial charge in [-0.25, -0.2) is 15.8 Å². The number of nitriles is 1. The van der Waals surface area contributed by atoms with E-state index >= 15 is 0 Å². The molecule has 1 aromatic rings. The van der Waals surface area contributed by atoms with Gasteiger partial charge in [-0.2, -0.15) is 18.4 Å². The maximum absolute atomic E-state index is 12.5. The van der Waals surface area contributed by atoms with Gasteiger partial charge in [0.1, 0.15) is 11.6 Å². The summed E-state index contributed by atoms with van der Waals surface area (Å²) < 4.78 is 37.6. The van der Waals surface area contributed by atoms with Crippen LogP contribution in [0.25, 0.3) is 0 Å². The minimum absolute atomic E-state index is 0.0422. The fourth-order valence-corrected chi connectivity index (χ4v) is 1.16. The first-order valence-corrected chi connectivity index (χ1v) is 4.89. The standard InChI is InChI=1S/C9H11F3N6/c1-18(4-2-3-13)7-5-6(17-14)15-8(16-7)9(10,11)12/h5H,2,4,14H2,1H3,(H,15,16,17). The average molecular weight is 260 g/mol. The van der Waals surface area contributed by atoms with Crippen LogP contribution in [0, 0.1) is 11.3 Å². The molecule has 3 N–H and O–H groups in total. The minimum atomic E-state index is -4.66. The van der Waals surface area contributed by atoms with Crippen molar-refractivity contribution in [2.75, 3.05) is 23.9 Å². The minimum Gasteiger partial charge on any atom is -0.358 e. The average Bonchev–Trinajstić information content (AvgIpc) is 2.34. The van der Waals surface area contributed by atoms with Crippen LogP contribution in [0.1, 0.15) is 12.2 Å². The largest absolute Gasteiger partial charge is 0.451 e. The number of hydrogen-bond acceptors (Lipinski definition) is 6. The highest BCUT2D eigenvalue weighted by Crippen LogP contribution is 2.28. The van der Waals surface area contributed by atoms with Gasteiger partial charge in [0.2, 0.25) is 5.82 Å². The molecule has 9 heteroatoms. The van der Waals surface area contributed by atoms with Crippen LogP contribution in [-0.2, 0) is 6.18 Å². The molecule has 18 heavy (non-hydrogen) atoms. The Bertz CT molecular complexity index is 453. The number of rotatable bonds is 4. The SMILES string of the molecule is CN(CCC#N)c1cc(NN)nc(C(F)(F)F)n1. The van der Waals surface area contributed by atoms with Crippen molar-refractivity contribution in [3.05, 3.63) is 11.9 Å². The van der Waals surface area contributed by atoms with Crippen molar-refractivity contribution in [2.45, 2.75) is 12.6 Å². The lowest BCUT2D eigenvalue weighted by Gasteiger charge is -2.18. The third-order valence-corrected chi connectivity index (χ3v) is 2.06. The first-order chi connectivity index (χ1) is 8.38. The van der Waals surface area contributed by atoms with Gasteiger partial charge in [-0.3, -0.25) is 0 Å². The molecule has 6 nitrogen and oxygen atoms in total. The highest BCUT2D eigenvalue weighted by atomic mass is 19.4. The second kappa shape index (κ2) is 5.50. The summed E-state index contributed by atoms with van der Waals surface area (Å²) in [5, 5.41) is 8.42. The molecule has 0 saturated carbocycles. The van der Waals surface area contributed by atoms with Gasteiger partial charge in [0.05, 0.1) is 12.5 Å². The topological polar surface area (TPSA) is 90.9 Å². The van der Waals surface area contributed by atoms with Crippen LogP contribution >= 0.6 is 0 Å². The summed E-state index contributed by atoms with van der Waals surface area (Å²) in [6, 6.07) is 3.16. The Hall–Kier alpha value is -2.08. The summed E-state index contributed by atoms with van der Waals surface area (Å²) in [5.74, 6) is 3.67. The highest BCUT2D eigenvalue weighted by Gasteiger charge is 2.35. The number of nitrogens with one attached hydrogen (secondary N) is 1. The summed E-state index contributed by atoms with van der Waals surface area (Å²) in [6.07, 6.45) is -4.48. The lowest BCUT2D eigenvalue weighted by molar-refractivity contribution is -0.144. The fourth-order valence-electron chi connectivity index (χ4n) is 1.16. The molecule has 0 bridgehead atoms. The predicted molar refractivity (Wildman–Crippen MR) is 58.3 cm³/mol. The molecular weight excluding hydrogens is 249 g/mol. The summed E-state index contributed by atoms with van der Waals surface area (Å²) in [6.45, 7) is 0.259. The summed E-state index contributed by atoms with van der Waals surface area (Å²) >= 11 is 0. The monoisotopic (exact) mass is 260 g/mol. The molecule has 1 rings (SSSR count). The molecule has 98 valence electrons. The van der Waals surface area contributed by atoms with E-state index in [1.165, 1.54) is 18.0 Å². The molecular formula is C9H11F3N6. The summed E-state index contributed by atoms with van der Waals surface area (Å²) in [5.41, 5.74) is 2.05. The number of anilines is 2. The van der Waals surface area contributed by atoms with Crippen molar-refractivity contribution in [3.63, 3.8) is 0 Å². The predicted octanol–water partition coefficient (Wildman–Crippen LogP) is 1.13. The Morgan fingerprint density at radius 3 is 2.67 bits per heavy atom. The van der Waals surface area contributed by atoms with Gasteiger partial charge in [0, 0.05) is 19.7 Å². The number of nitrogen functional groups attached to an aromatic ring is 1. The Labute approximate surface area is 101 Å². The number of alkyl halides is 3. The van der Waals surface area contributed by atoms with E-state index in [9.17, 15) is 13.2 Å². The van der Waals surface area contributed by atoms with Crippen LogP contribution in [0.4, 0.5) is 24.8 Å². The number of halogens is 3. The first-order valence-electron chi connectivity index (χ1n) is 4.89. The van der Waals surface area contributed by atoms with E-state index in [-0.39, 0.29) is 24.6 Å². The number of nitrogens with zero attached hydrogens (tertiary/aromatic N) is 4. The Morgan fingerprint density at radius 1 is 1.50 bits per heavy atom. The third-order valence-electron chi connectivity index (χ3n) is 2.06. The second-order valence-corrected chi connectivity index (χ2v) is 3.41. The molecule has 0 saturated heterocycles. The van der Waals surface area contributed by atoms with Crippen molar-refractivity contribution in [1.82, 2.24) is 9.97 Å². The van der Waals surface area contributed by atoms with Crippen molar-refractivity contribution < 1.29 is 13.2 Å². The van der Waals surface area contributed by atoms with Crippen molar-refractivity contribution in [3.8, 4) is 6.07 Å². The van der Waals surface area contributed by atoms with Gasteiger partial charge in [0.25, 0.3) is 0 Å². The molecule has 0 aliphatic heterocycles. The number of nitrogens with two attached hydrogens (primary N) is 1. The molecule has 0 fully saturated rings. The van der Waals surface area contributed by atoms with Crippen LogP contribution in [-0.4, -0.2) is 23.6 Å². The van der Waals surface area contributed by atoms with Gasteiger partial charge in [-0.05, 0) is 0 Å². The summed E-state index contributed by atoms with van der Waals surface area (Å²) in [7, 11) is 1.53. The van der Waals surface area contributed by atoms with Crippen molar-refractivity contribution >= 4 is 11.6 Å². The van der Waals surface area contributed by atoms with E-state index in [4.69, 9.17) is 11.1 Å². The fraction of sp³-hybridized carbons (Fsp3) is 0.444. The Kier molecular flexibility index (Phi) is 4.28. The van der Waals surface area contributed by atoms with E-state index in [1.54, 1.807) is 0 Å². The maximum Gasteiger partial charge on any atom is 0.451 e. The molecule has 0 aromatic carbocycles. The third kappa shape index (κ3) is 3.46. The van der Waals surface area contributed by atoms with E-state index in [2.05, 4.69) is 9.97 Å². The van der Waals surface area contributed by atoms with Crippen LogP contribution < -0.4 is 16.2 Å². The van der Waals surface area contributed by atoms with Crippen LogP contribution in [0.2, 0.25) is 0 Å². The zero-order valence-corrected chi connectivity index (χ0v) is 9.49. The first kappa shape index (κ1) is 14.0. The number of hydrogen-bond donors (Lipinski definition) is 2. The molecule has 1 heterocycles. The van der Waals surface area contributed by atoms with E-state index in [0.29, 0.717) is 0 Å². The lowest BCUT2D eigenvalue weighted by Crippen LogP contribution is -2.23. The van der Waals surface area contributed by atoms with Gasteiger partial charge < -0.3 is 10.3 Å². The van der Waals surface area contributed by atoms with Crippen LogP contribution in [0.15, 0.2) is 6.07 Å². The molecule has 0 amide bonds. The summed E-state index contributed by atoms with van der Waals surface area (Å²) in [4.78, 5) is 8.03. The van der Waals surface area contributed by atoms with Crippen molar-refractivity contribution in [1.29, 1.82) is 5.26 Å². The molecule has 0 spiro atoms. The van der Waals surface area contributed by atoms with Gasteiger partial charge in [-0.1, -0.05) is 0 Å². The zero-order valence-electron chi connectivity index (χ0n) is 9.49. The molecule has 1 aromatic heterocycles. The van der Waals surface area contributed by atoms with E-state index in [0.717, 1.165) is 0 Å². The van der Waals surface area contributed by atoms with Crippen molar-refractivity contribution in [2.24, 2.45) is 5.84 Å². The van der Waals surface area contributed by atoms with Gasteiger partial charge in [0.15, 0.2) is 0 Å². The van der Waals surface area contributed by atoms with Crippen LogP contribution in [0.3, 0.4) is 0 Å². The molecule has 0 aliphatic rings. The quantitative estimate of drug-likeness (QED) is 0.623. The lowest BCUT2D eigenvalue weighted by atomic mass is 10.4. The van der Waals surface area contributed by atoms with E-state index < -0.39 is 12.0 Å². The zero-order chi connectivity index (χ0) is 13.8.